The zero-order valence-corrected chi connectivity index (χ0v) is 15.3. The summed E-state index contributed by atoms with van der Waals surface area (Å²) in [4.78, 5) is 24.5. The summed E-state index contributed by atoms with van der Waals surface area (Å²) in [5.74, 6) is -1.98. The minimum absolute atomic E-state index is 0.0825. The van der Waals surface area contributed by atoms with Crippen LogP contribution in [-0.2, 0) is 24.2 Å². The van der Waals surface area contributed by atoms with Crippen LogP contribution >= 0.6 is 0 Å². The second-order valence-electron chi connectivity index (χ2n) is 6.96. The minimum Gasteiger partial charge on any atom is -0.459 e. The van der Waals surface area contributed by atoms with Gasteiger partial charge in [0.05, 0.1) is 10.6 Å². The fraction of sp³-hybridized carbons (Fsp3) is 0.529. The van der Waals surface area contributed by atoms with Gasteiger partial charge in [-0.15, -0.1) is 0 Å². The number of hydrogen-bond donors (Lipinski definition) is 0. The fourth-order valence-electron chi connectivity index (χ4n) is 1.90. The van der Waals surface area contributed by atoms with Crippen LogP contribution in [0.5, 0.6) is 0 Å². The smallest absolute Gasteiger partial charge is 0.320 e. The number of carbonyl (C=O) groups excluding carboxylic acids is 2. The zero-order chi connectivity index (χ0) is 18.1. The lowest BCUT2D eigenvalue weighted by Gasteiger charge is -2.29. The highest BCUT2D eigenvalue weighted by Gasteiger charge is 2.45. The molecule has 23 heavy (non-hydrogen) atoms. The maximum absolute atomic E-state index is 12.6. The summed E-state index contributed by atoms with van der Waals surface area (Å²) in [5.41, 5.74) is -1.62. The Bertz CT molecular complexity index is 695. The second kappa shape index (κ2) is 6.43. The summed E-state index contributed by atoms with van der Waals surface area (Å²) in [5, 5.41) is 0. The molecule has 0 amide bonds. The van der Waals surface area contributed by atoms with Crippen molar-refractivity contribution in [3.8, 4) is 0 Å². The monoisotopic (exact) mass is 340 g/mol. The molecule has 0 N–H and O–H groups in total. The Morgan fingerprint density at radius 1 is 1.04 bits per heavy atom. The first-order chi connectivity index (χ1) is 10.3. The Morgan fingerprint density at radius 2 is 1.52 bits per heavy atom. The Kier molecular flexibility index (Phi) is 5.41. The molecule has 0 aliphatic rings. The van der Waals surface area contributed by atoms with Crippen LogP contribution in [0.25, 0.3) is 0 Å². The van der Waals surface area contributed by atoms with Crippen LogP contribution in [0.4, 0.5) is 0 Å². The van der Waals surface area contributed by atoms with Gasteiger partial charge in [0.25, 0.3) is 0 Å². The average Bonchev–Trinajstić information content (AvgIpc) is 2.36. The van der Waals surface area contributed by atoms with E-state index in [1.807, 2.05) is 6.92 Å². The standard InChI is InChI=1S/C17H24O5S/c1-12-7-9-14(10-8-12)23(20,21)11-17(6,13(2)18)15(19)22-16(3,4)5/h7-10H,11H2,1-6H3. The maximum atomic E-state index is 12.6. The zero-order valence-electron chi connectivity index (χ0n) is 14.5. The second-order valence-corrected chi connectivity index (χ2v) is 8.95. The highest BCUT2D eigenvalue weighted by Crippen LogP contribution is 2.28. The third kappa shape index (κ3) is 4.89. The van der Waals surface area contributed by atoms with E-state index in [4.69, 9.17) is 4.74 Å². The van der Waals surface area contributed by atoms with Crippen molar-refractivity contribution >= 4 is 21.6 Å². The first kappa shape index (κ1) is 19.4. The molecule has 0 bridgehead atoms. The van der Waals surface area contributed by atoms with Crippen LogP contribution in [0, 0.1) is 12.3 Å². The van der Waals surface area contributed by atoms with Crippen LogP contribution in [0.1, 0.15) is 40.2 Å². The number of ether oxygens (including phenoxy) is 1. The number of Topliss-reactive ketones (excluding diaryl/α,β-unsaturated/α-hetero) is 1. The molecule has 0 radical (unpaired) electrons. The van der Waals surface area contributed by atoms with Gasteiger partial charge in [-0.05, 0) is 53.7 Å². The molecule has 1 unspecified atom stereocenters. The quantitative estimate of drug-likeness (QED) is 0.608. The van der Waals surface area contributed by atoms with E-state index in [0.717, 1.165) is 5.56 Å². The van der Waals surface area contributed by atoms with Gasteiger partial charge in [-0.1, -0.05) is 17.7 Å². The molecule has 0 fully saturated rings. The van der Waals surface area contributed by atoms with Crippen molar-refractivity contribution in [3.05, 3.63) is 29.8 Å². The van der Waals surface area contributed by atoms with Gasteiger partial charge in [-0.2, -0.15) is 0 Å². The van der Waals surface area contributed by atoms with Gasteiger partial charge in [0.15, 0.2) is 9.84 Å². The number of hydrogen-bond acceptors (Lipinski definition) is 5. The first-order valence-electron chi connectivity index (χ1n) is 7.32. The largest absolute Gasteiger partial charge is 0.459 e. The molecule has 0 aliphatic carbocycles. The minimum atomic E-state index is -3.80. The van der Waals surface area contributed by atoms with E-state index in [2.05, 4.69) is 0 Å². The molecule has 0 aliphatic heterocycles. The van der Waals surface area contributed by atoms with Crippen molar-refractivity contribution in [2.45, 2.75) is 52.0 Å². The molecular formula is C17H24O5S. The molecule has 1 aromatic carbocycles. The summed E-state index contributed by atoms with van der Waals surface area (Å²) < 4.78 is 30.4. The van der Waals surface area contributed by atoms with Gasteiger partial charge in [-0.3, -0.25) is 9.59 Å². The van der Waals surface area contributed by atoms with Crippen LogP contribution < -0.4 is 0 Å². The van der Waals surface area contributed by atoms with Gasteiger partial charge < -0.3 is 4.74 Å². The van der Waals surface area contributed by atoms with Crippen molar-refractivity contribution in [1.29, 1.82) is 0 Å². The highest BCUT2D eigenvalue weighted by atomic mass is 32.2. The normalized spacial score (nSPS) is 14.9. The molecule has 0 saturated heterocycles. The number of ketones is 1. The Balaban J connectivity index is 3.19. The predicted molar refractivity (Wildman–Crippen MR) is 87.9 cm³/mol. The summed E-state index contributed by atoms with van der Waals surface area (Å²) in [7, 11) is -3.80. The molecule has 1 rings (SSSR count). The molecule has 1 atom stereocenters. The van der Waals surface area contributed by atoms with E-state index in [-0.39, 0.29) is 4.90 Å². The van der Waals surface area contributed by atoms with Crippen molar-refractivity contribution in [2.75, 3.05) is 5.75 Å². The predicted octanol–water partition coefficient (Wildman–Crippen LogP) is 2.71. The highest BCUT2D eigenvalue weighted by molar-refractivity contribution is 7.91. The Morgan fingerprint density at radius 3 is 1.91 bits per heavy atom. The van der Waals surface area contributed by atoms with Crippen molar-refractivity contribution < 1.29 is 22.7 Å². The molecule has 6 heteroatoms. The van der Waals surface area contributed by atoms with E-state index in [9.17, 15) is 18.0 Å². The lowest BCUT2D eigenvalue weighted by molar-refractivity contribution is -0.167. The van der Waals surface area contributed by atoms with Crippen LogP contribution in [0.3, 0.4) is 0 Å². The number of aryl methyl sites for hydroxylation is 1. The maximum Gasteiger partial charge on any atom is 0.320 e. The number of sulfone groups is 1. The van der Waals surface area contributed by atoms with Gasteiger partial charge in [0.1, 0.15) is 16.8 Å². The third-order valence-electron chi connectivity index (χ3n) is 3.49. The SMILES string of the molecule is CC(=O)C(C)(CS(=O)(=O)c1ccc(C)cc1)C(=O)OC(C)(C)C. The van der Waals surface area contributed by atoms with E-state index >= 15 is 0 Å². The summed E-state index contributed by atoms with van der Waals surface area (Å²) >= 11 is 0. The average molecular weight is 340 g/mol. The van der Waals surface area contributed by atoms with Gasteiger partial charge in [0, 0.05) is 0 Å². The van der Waals surface area contributed by atoms with Crippen molar-refractivity contribution in [2.24, 2.45) is 5.41 Å². The van der Waals surface area contributed by atoms with Crippen LogP contribution in [-0.4, -0.2) is 31.5 Å². The van der Waals surface area contributed by atoms with Crippen molar-refractivity contribution in [1.82, 2.24) is 0 Å². The molecule has 0 heterocycles. The third-order valence-corrected chi connectivity index (χ3v) is 5.43. The molecule has 0 spiro atoms. The lowest BCUT2D eigenvalue weighted by atomic mass is 9.88. The van der Waals surface area contributed by atoms with E-state index in [1.165, 1.54) is 26.0 Å². The van der Waals surface area contributed by atoms with Gasteiger partial charge >= 0.3 is 5.97 Å². The summed E-state index contributed by atoms with van der Waals surface area (Å²) in [6.45, 7) is 9.36. The molecule has 5 nitrogen and oxygen atoms in total. The Hall–Kier alpha value is -1.69. The molecule has 0 aromatic heterocycles. The van der Waals surface area contributed by atoms with Crippen LogP contribution in [0.15, 0.2) is 29.2 Å². The molecule has 128 valence electrons. The topological polar surface area (TPSA) is 77.5 Å². The summed E-state index contributed by atoms with van der Waals surface area (Å²) in [6.07, 6.45) is 0. The fourth-order valence-corrected chi connectivity index (χ4v) is 3.70. The van der Waals surface area contributed by atoms with E-state index in [0.29, 0.717) is 0 Å². The molecule has 1 aromatic rings. The number of benzene rings is 1. The number of esters is 1. The van der Waals surface area contributed by atoms with Gasteiger partial charge in [0.2, 0.25) is 0 Å². The van der Waals surface area contributed by atoms with Crippen LogP contribution in [0.2, 0.25) is 0 Å². The van der Waals surface area contributed by atoms with E-state index < -0.39 is 38.4 Å². The number of carbonyl (C=O) groups is 2. The molecular weight excluding hydrogens is 316 g/mol. The molecule has 0 saturated carbocycles. The van der Waals surface area contributed by atoms with E-state index in [1.54, 1.807) is 32.9 Å². The lowest BCUT2D eigenvalue weighted by Crippen LogP contribution is -2.45. The number of rotatable bonds is 5. The Labute approximate surface area is 138 Å². The first-order valence-corrected chi connectivity index (χ1v) is 8.97. The van der Waals surface area contributed by atoms with Crippen molar-refractivity contribution in [3.63, 3.8) is 0 Å². The van der Waals surface area contributed by atoms with Gasteiger partial charge in [-0.25, -0.2) is 8.42 Å². The summed E-state index contributed by atoms with van der Waals surface area (Å²) in [6, 6.07) is 6.29.